The number of carbonyl (C=O) groups excluding carboxylic acids is 1. The molecule has 2 nitrogen and oxygen atoms in total. The fourth-order valence-corrected chi connectivity index (χ4v) is 1.93. The Kier molecular flexibility index (Phi) is 5.33. The highest BCUT2D eigenvalue weighted by Gasteiger charge is 2.00. The Morgan fingerprint density at radius 2 is 1.71 bits per heavy atom. The molecule has 0 aliphatic carbocycles. The average Bonchev–Trinajstić information content (AvgIpc) is 2.52. The monoisotopic (exact) mass is 280 g/mol. The Balaban J connectivity index is 1.87. The van der Waals surface area contributed by atoms with Crippen molar-refractivity contribution in [2.75, 3.05) is 0 Å². The third-order valence-corrected chi connectivity index (χ3v) is 3.24. The molecule has 0 aromatic heterocycles. The van der Waals surface area contributed by atoms with Crippen molar-refractivity contribution < 1.29 is 9.53 Å². The summed E-state index contributed by atoms with van der Waals surface area (Å²) < 4.78 is 5.19. The van der Waals surface area contributed by atoms with Gasteiger partial charge in [0.25, 0.3) is 0 Å². The second-order valence-corrected chi connectivity index (χ2v) is 5.25. The Morgan fingerprint density at radius 3 is 2.33 bits per heavy atom. The number of rotatable bonds is 5. The molecule has 0 aliphatic rings. The third kappa shape index (κ3) is 4.92. The molecule has 0 heterocycles. The number of ether oxygens (including phenoxy) is 1. The molecule has 21 heavy (non-hydrogen) atoms. The van der Waals surface area contributed by atoms with Crippen LogP contribution < -0.4 is 0 Å². The topological polar surface area (TPSA) is 26.3 Å². The molecule has 0 unspecified atom stereocenters. The lowest BCUT2D eigenvalue weighted by atomic mass is 10.0. The van der Waals surface area contributed by atoms with Crippen LogP contribution in [-0.4, -0.2) is 5.97 Å². The second kappa shape index (κ2) is 7.44. The minimum atomic E-state index is -0.327. The summed E-state index contributed by atoms with van der Waals surface area (Å²) in [6.07, 6.45) is 3.24. The molecule has 0 fully saturated rings. The Bertz CT molecular complexity index is 595. The van der Waals surface area contributed by atoms with E-state index in [1.807, 2.05) is 42.5 Å². The van der Waals surface area contributed by atoms with Crippen molar-refractivity contribution in [2.45, 2.75) is 26.4 Å². The SMILES string of the molecule is CC(C)c1ccc(C=CC(=O)OCc2ccccc2)cc1. The standard InChI is InChI=1S/C19H20O2/c1-15(2)18-11-8-16(9-12-18)10-13-19(20)21-14-17-6-4-3-5-7-17/h3-13,15H,14H2,1-2H3. The molecule has 2 heteroatoms. The lowest BCUT2D eigenvalue weighted by molar-refractivity contribution is -0.138. The van der Waals surface area contributed by atoms with Crippen LogP contribution >= 0.6 is 0 Å². The molecule has 2 rings (SSSR count). The van der Waals surface area contributed by atoms with E-state index in [2.05, 4.69) is 26.0 Å². The van der Waals surface area contributed by atoms with Gasteiger partial charge in [0.05, 0.1) is 0 Å². The molecule has 2 aromatic carbocycles. The maximum Gasteiger partial charge on any atom is 0.331 e. The van der Waals surface area contributed by atoms with Crippen molar-refractivity contribution in [1.29, 1.82) is 0 Å². The van der Waals surface area contributed by atoms with E-state index in [-0.39, 0.29) is 5.97 Å². The van der Waals surface area contributed by atoms with Crippen molar-refractivity contribution >= 4 is 12.0 Å². The third-order valence-electron chi connectivity index (χ3n) is 3.24. The predicted molar refractivity (Wildman–Crippen MR) is 85.8 cm³/mol. The largest absolute Gasteiger partial charge is 0.458 e. The molecule has 0 bridgehead atoms. The molecule has 0 saturated heterocycles. The van der Waals surface area contributed by atoms with Crippen molar-refractivity contribution in [2.24, 2.45) is 0 Å². The summed E-state index contributed by atoms with van der Waals surface area (Å²) in [6.45, 7) is 4.62. The maximum absolute atomic E-state index is 11.7. The molecule has 0 atom stereocenters. The molecule has 2 aromatic rings. The van der Waals surface area contributed by atoms with Crippen LogP contribution in [0.3, 0.4) is 0 Å². The number of esters is 1. The van der Waals surface area contributed by atoms with Gasteiger partial charge in [-0.25, -0.2) is 4.79 Å². The quantitative estimate of drug-likeness (QED) is 0.592. The summed E-state index contributed by atoms with van der Waals surface area (Å²) in [5.41, 5.74) is 3.27. The van der Waals surface area contributed by atoms with Crippen LogP contribution in [-0.2, 0) is 16.1 Å². The van der Waals surface area contributed by atoms with Crippen LogP contribution in [0.25, 0.3) is 6.08 Å². The van der Waals surface area contributed by atoms with Gasteiger partial charge in [-0.1, -0.05) is 68.4 Å². The van der Waals surface area contributed by atoms with E-state index in [1.165, 1.54) is 11.6 Å². The van der Waals surface area contributed by atoms with Crippen LogP contribution in [0.15, 0.2) is 60.7 Å². The van der Waals surface area contributed by atoms with E-state index >= 15 is 0 Å². The molecular formula is C19H20O2. The van der Waals surface area contributed by atoms with Gasteiger partial charge in [-0.2, -0.15) is 0 Å². The first-order valence-corrected chi connectivity index (χ1v) is 7.14. The van der Waals surface area contributed by atoms with Crippen LogP contribution in [0.2, 0.25) is 0 Å². The zero-order valence-corrected chi connectivity index (χ0v) is 12.5. The zero-order chi connectivity index (χ0) is 15.1. The van der Waals surface area contributed by atoms with Gasteiger partial charge in [0.1, 0.15) is 6.61 Å². The normalized spacial score (nSPS) is 11.0. The van der Waals surface area contributed by atoms with Gasteiger partial charge in [-0.3, -0.25) is 0 Å². The highest BCUT2D eigenvalue weighted by atomic mass is 16.5. The van der Waals surface area contributed by atoms with Crippen LogP contribution in [0.4, 0.5) is 0 Å². The minimum Gasteiger partial charge on any atom is -0.458 e. The van der Waals surface area contributed by atoms with Crippen LogP contribution in [0.5, 0.6) is 0 Å². The van der Waals surface area contributed by atoms with E-state index in [0.717, 1.165) is 11.1 Å². The van der Waals surface area contributed by atoms with E-state index in [4.69, 9.17) is 4.74 Å². The Hall–Kier alpha value is -2.35. The fourth-order valence-electron chi connectivity index (χ4n) is 1.93. The first kappa shape index (κ1) is 15.0. The average molecular weight is 280 g/mol. The first-order valence-electron chi connectivity index (χ1n) is 7.14. The second-order valence-electron chi connectivity index (χ2n) is 5.25. The van der Waals surface area contributed by atoms with Crippen LogP contribution in [0.1, 0.15) is 36.5 Å². The van der Waals surface area contributed by atoms with Gasteiger partial charge in [0.2, 0.25) is 0 Å². The molecule has 0 aliphatic heterocycles. The molecule has 0 N–H and O–H groups in total. The summed E-state index contributed by atoms with van der Waals surface area (Å²) in [5.74, 6) is 0.186. The fraction of sp³-hybridized carbons (Fsp3) is 0.211. The Labute approximate surface area is 126 Å². The van der Waals surface area contributed by atoms with Gasteiger partial charge in [0, 0.05) is 6.08 Å². The number of benzene rings is 2. The van der Waals surface area contributed by atoms with Gasteiger partial charge in [-0.05, 0) is 28.7 Å². The summed E-state index contributed by atoms with van der Waals surface area (Å²) >= 11 is 0. The first-order chi connectivity index (χ1) is 10.1. The van der Waals surface area contributed by atoms with E-state index in [0.29, 0.717) is 12.5 Å². The zero-order valence-electron chi connectivity index (χ0n) is 12.5. The summed E-state index contributed by atoms with van der Waals surface area (Å²) in [6, 6.07) is 17.8. The summed E-state index contributed by atoms with van der Waals surface area (Å²) in [4.78, 5) is 11.7. The summed E-state index contributed by atoms with van der Waals surface area (Å²) in [7, 11) is 0. The van der Waals surface area contributed by atoms with Gasteiger partial charge < -0.3 is 4.74 Å². The summed E-state index contributed by atoms with van der Waals surface area (Å²) in [5, 5.41) is 0. The lowest BCUT2D eigenvalue weighted by Gasteiger charge is -2.04. The van der Waals surface area contributed by atoms with E-state index in [9.17, 15) is 4.79 Å². The number of hydrogen-bond acceptors (Lipinski definition) is 2. The van der Waals surface area contributed by atoms with Crippen LogP contribution in [0, 0.1) is 0 Å². The minimum absolute atomic E-state index is 0.302. The van der Waals surface area contributed by atoms with Crippen molar-refractivity contribution in [3.63, 3.8) is 0 Å². The molecular weight excluding hydrogens is 260 g/mol. The van der Waals surface area contributed by atoms with Crippen molar-refractivity contribution in [1.82, 2.24) is 0 Å². The lowest BCUT2D eigenvalue weighted by Crippen LogP contribution is -2.00. The molecule has 0 amide bonds. The maximum atomic E-state index is 11.7. The van der Waals surface area contributed by atoms with Crippen molar-refractivity contribution in [3.8, 4) is 0 Å². The highest BCUT2D eigenvalue weighted by molar-refractivity contribution is 5.87. The molecule has 0 radical (unpaired) electrons. The van der Waals surface area contributed by atoms with Gasteiger partial charge in [0.15, 0.2) is 0 Å². The van der Waals surface area contributed by atoms with Gasteiger partial charge in [-0.15, -0.1) is 0 Å². The molecule has 0 saturated carbocycles. The highest BCUT2D eigenvalue weighted by Crippen LogP contribution is 2.15. The van der Waals surface area contributed by atoms with E-state index < -0.39 is 0 Å². The van der Waals surface area contributed by atoms with E-state index in [1.54, 1.807) is 6.08 Å². The number of hydrogen-bond donors (Lipinski definition) is 0. The molecule has 0 spiro atoms. The predicted octanol–water partition coefficient (Wildman–Crippen LogP) is 4.57. The smallest absolute Gasteiger partial charge is 0.331 e. The molecule has 108 valence electrons. The number of carbonyl (C=O) groups is 1. The van der Waals surface area contributed by atoms with Crippen molar-refractivity contribution in [3.05, 3.63) is 77.4 Å². The Morgan fingerprint density at radius 1 is 1.05 bits per heavy atom. The van der Waals surface area contributed by atoms with Gasteiger partial charge >= 0.3 is 5.97 Å².